The summed E-state index contributed by atoms with van der Waals surface area (Å²) in [5.41, 5.74) is 8.65. The van der Waals surface area contributed by atoms with Crippen LogP contribution in [0.1, 0.15) is 27.2 Å². The van der Waals surface area contributed by atoms with Gasteiger partial charge in [0.15, 0.2) is 0 Å². The Hall–Kier alpha value is -2.87. The molecule has 32 heavy (non-hydrogen) atoms. The lowest BCUT2D eigenvalue weighted by Gasteiger charge is -2.28. The van der Waals surface area contributed by atoms with Crippen molar-refractivity contribution in [2.45, 2.75) is 13.0 Å². The lowest BCUT2D eigenvalue weighted by atomic mass is 10.0. The molecule has 4 rings (SSSR count). The van der Waals surface area contributed by atoms with Crippen LogP contribution in [0.15, 0.2) is 47.3 Å². The maximum absolute atomic E-state index is 13.5. The quantitative estimate of drug-likeness (QED) is 0.618. The number of ether oxygens (including phenoxy) is 1. The highest BCUT2D eigenvalue weighted by Gasteiger charge is 2.23. The summed E-state index contributed by atoms with van der Waals surface area (Å²) >= 11 is 6.02. The molecule has 3 aromatic rings. The molecule has 0 bridgehead atoms. The predicted octanol–water partition coefficient (Wildman–Crippen LogP) is 2.37. The van der Waals surface area contributed by atoms with E-state index in [1.54, 1.807) is 12.1 Å². The third-order valence-corrected chi connectivity index (χ3v) is 6.00. The number of carbonyl (C=O) groups is 1. The summed E-state index contributed by atoms with van der Waals surface area (Å²) in [6, 6.07) is 13.2. The summed E-state index contributed by atoms with van der Waals surface area (Å²) in [7, 11) is 3.75. The third kappa shape index (κ3) is 4.50. The first-order chi connectivity index (χ1) is 15.3. The zero-order valence-corrected chi connectivity index (χ0v) is 19.1. The van der Waals surface area contributed by atoms with Crippen molar-refractivity contribution in [3.05, 3.63) is 80.1 Å². The molecular formula is C24H27ClN4O3. The molecule has 7 nitrogen and oxygen atoms in total. The van der Waals surface area contributed by atoms with Gasteiger partial charge in [-0.1, -0.05) is 29.8 Å². The minimum Gasteiger partial charge on any atom is -0.379 e. The molecule has 2 heterocycles. The minimum atomic E-state index is -0.727. The van der Waals surface area contributed by atoms with Crippen molar-refractivity contribution >= 4 is 28.4 Å². The van der Waals surface area contributed by atoms with Crippen molar-refractivity contribution in [1.29, 1.82) is 0 Å². The van der Waals surface area contributed by atoms with E-state index in [4.69, 9.17) is 22.1 Å². The van der Waals surface area contributed by atoms with Crippen LogP contribution in [0.2, 0.25) is 5.02 Å². The summed E-state index contributed by atoms with van der Waals surface area (Å²) in [5, 5.41) is 2.97. The molecule has 1 aromatic heterocycles. The summed E-state index contributed by atoms with van der Waals surface area (Å²) in [5.74, 6) is -0.727. The highest BCUT2D eigenvalue weighted by atomic mass is 35.5. The van der Waals surface area contributed by atoms with Gasteiger partial charge in [-0.25, -0.2) is 0 Å². The monoisotopic (exact) mass is 454 g/mol. The number of rotatable bonds is 6. The summed E-state index contributed by atoms with van der Waals surface area (Å²) in [6.07, 6.45) is 0.369. The van der Waals surface area contributed by atoms with Gasteiger partial charge in [0.25, 0.3) is 5.91 Å². The predicted molar refractivity (Wildman–Crippen MR) is 127 cm³/mol. The maximum Gasteiger partial charge on any atom is 0.254 e. The van der Waals surface area contributed by atoms with Crippen molar-refractivity contribution in [1.82, 2.24) is 9.58 Å². The highest BCUT2D eigenvalue weighted by Crippen LogP contribution is 2.22. The Kier molecular flexibility index (Phi) is 6.50. The Balaban J connectivity index is 1.86. The van der Waals surface area contributed by atoms with Crippen LogP contribution < -0.4 is 16.2 Å². The number of amides is 1. The van der Waals surface area contributed by atoms with Gasteiger partial charge in [0.05, 0.1) is 24.4 Å². The minimum absolute atomic E-state index is 0.0182. The summed E-state index contributed by atoms with van der Waals surface area (Å²) < 4.78 is 7.31. The molecule has 0 saturated carbocycles. The van der Waals surface area contributed by atoms with Gasteiger partial charge in [0.1, 0.15) is 5.56 Å². The molecule has 0 radical (unpaired) electrons. The van der Waals surface area contributed by atoms with E-state index in [0.29, 0.717) is 35.7 Å². The van der Waals surface area contributed by atoms with Crippen LogP contribution in [-0.4, -0.2) is 55.9 Å². The van der Waals surface area contributed by atoms with Gasteiger partial charge in [0, 0.05) is 50.6 Å². The fourth-order valence-corrected chi connectivity index (χ4v) is 4.38. The van der Waals surface area contributed by atoms with Crippen molar-refractivity contribution in [3.63, 3.8) is 0 Å². The average molecular weight is 455 g/mol. The summed E-state index contributed by atoms with van der Waals surface area (Å²) in [4.78, 5) is 28.2. The van der Waals surface area contributed by atoms with Gasteiger partial charge in [-0.05, 0) is 35.4 Å². The topological polar surface area (TPSA) is 80.8 Å². The Morgan fingerprint density at radius 2 is 1.75 bits per heavy atom. The normalized spacial score (nSPS) is 14.6. The lowest BCUT2D eigenvalue weighted by Crippen LogP contribution is -2.36. The van der Waals surface area contributed by atoms with Gasteiger partial charge in [-0.3, -0.25) is 19.2 Å². The van der Waals surface area contributed by atoms with Crippen LogP contribution in [0, 0.1) is 0 Å². The number of nitrogens with two attached hydrogens (primary N) is 1. The Labute approximate surface area is 191 Å². The van der Waals surface area contributed by atoms with E-state index in [0.717, 1.165) is 36.3 Å². The molecule has 0 unspecified atom stereocenters. The second-order valence-electron chi connectivity index (χ2n) is 8.22. The first-order valence-corrected chi connectivity index (χ1v) is 11.0. The Morgan fingerprint density at radius 3 is 2.38 bits per heavy atom. The number of morpholine rings is 1. The first-order valence-electron chi connectivity index (χ1n) is 10.6. The molecule has 0 atom stereocenters. The van der Waals surface area contributed by atoms with E-state index in [-0.39, 0.29) is 11.0 Å². The van der Waals surface area contributed by atoms with Gasteiger partial charge in [-0.15, -0.1) is 0 Å². The third-order valence-electron chi connectivity index (χ3n) is 5.75. The van der Waals surface area contributed by atoms with Crippen molar-refractivity contribution in [3.8, 4) is 0 Å². The van der Waals surface area contributed by atoms with E-state index in [9.17, 15) is 9.59 Å². The van der Waals surface area contributed by atoms with Gasteiger partial charge in [0.2, 0.25) is 5.43 Å². The number of nitrogens with zero attached hydrogens (tertiary/aromatic N) is 3. The van der Waals surface area contributed by atoms with Gasteiger partial charge < -0.3 is 15.5 Å². The van der Waals surface area contributed by atoms with Crippen molar-refractivity contribution in [2.75, 3.05) is 45.4 Å². The van der Waals surface area contributed by atoms with Crippen LogP contribution in [0.25, 0.3) is 10.9 Å². The fourth-order valence-electron chi connectivity index (χ4n) is 4.25. The number of hydrogen-bond donors (Lipinski definition) is 1. The van der Waals surface area contributed by atoms with Crippen LogP contribution in [-0.2, 0) is 17.7 Å². The maximum atomic E-state index is 13.5. The second-order valence-corrected chi connectivity index (χ2v) is 8.65. The van der Waals surface area contributed by atoms with E-state index < -0.39 is 5.91 Å². The molecule has 0 aliphatic carbocycles. The van der Waals surface area contributed by atoms with Crippen LogP contribution in [0.4, 0.5) is 0 Å². The first kappa shape index (κ1) is 22.3. The van der Waals surface area contributed by atoms with E-state index in [2.05, 4.69) is 4.90 Å². The van der Waals surface area contributed by atoms with Crippen LogP contribution in [0.5, 0.6) is 0 Å². The Bertz CT molecular complexity index is 1200. The number of aromatic nitrogens is 1. The van der Waals surface area contributed by atoms with E-state index >= 15 is 0 Å². The van der Waals surface area contributed by atoms with Crippen LogP contribution >= 0.6 is 11.6 Å². The van der Waals surface area contributed by atoms with Crippen molar-refractivity contribution < 1.29 is 9.53 Å². The van der Waals surface area contributed by atoms with Crippen molar-refractivity contribution in [2.24, 2.45) is 5.73 Å². The number of carbonyl (C=O) groups excluding carboxylic acids is 1. The molecule has 1 fully saturated rings. The SMILES string of the molecule is CN(C)n1c(Cc2ccc(Cl)cc2)c(C(N)=O)c(=O)c2cc(CN3CCOCC3)ccc21. The number of benzene rings is 2. The molecule has 1 aliphatic heterocycles. The molecular weight excluding hydrogens is 428 g/mol. The van der Waals surface area contributed by atoms with E-state index in [1.165, 1.54) is 0 Å². The highest BCUT2D eigenvalue weighted by molar-refractivity contribution is 6.30. The van der Waals surface area contributed by atoms with E-state index in [1.807, 2.05) is 54.1 Å². The van der Waals surface area contributed by atoms with Gasteiger partial charge >= 0.3 is 0 Å². The summed E-state index contributed by atoms with van der Waals surface area (Å²) in [6.45, 7) is 3.85. The number of pyridine rings is 1. The molecule has 8 heteroatoms. The smallest absolute Gasteiger partial charge is 0.254 e. The molecule has 1 saturated heterocycles. The Morgan fingerprint density at radius 1 is 1.09 bits per heavy atom. The molecule has 168 valence electrons. The zero-order valence-electron chi connectivity index (χ0n) is 18.3. The fraction of sp³-hybridized carbons (Fsp3) is 0.333. The zero-order chi connectivity index (χ0) is 22.8. The molecule has 2 aromatic carbocycles. The lowest BCUT2D eigenvalue weighted by molar-refractivity contribution is 0.0342. The largest absolute Gasteiger partial charge is 0.379 e. The number of primary amides is 1. The molecule has 0 spiro atoms. The van der Waals surface area contributed by atoms with Gasteiger partial charge in [-0.2, -0.15) is 0 Å². The average Bonchev–Trinajstić information content (AvgIpc) is 2.76. The number of halogens is 1. The molecule has 1 amide bonds. The van der Waals surface area contributed by atoms with Crippen LogP contribution in [0.3, 0.4) is 0 Å². The number of fused-ring (bicyclic) bond motifs is 1. The molecule has 1 aliphatic rings. The number of hydrogen-bond acceptors (Lipinski definition) is 5. The molecule has 2 N–H and O–H groups in total. The second kappa shape index (κ2) is 9.32. The standard InChI is InChI=1S/C24H27ClN4O3/c1-27(2)29-20-8-5-17(15-28-9-11-32-12-10-28)13-19(20)23(30)22(24(26)31)21(29)14-16-3-6-18(25)7-4-16/h3-8,13H,9-12,14-15H2,1-2H3,(H2,26,31).